The number of rotatable bonds is 7. The summed E-state index contributed by atoms with van der Waals surface area (Å²) >= 11 is 12.3. The lowest BCUT2D eigenvalue weighted by molar-refractivity contribution is 0.446. The van der Waals surface area contributed by atoms with Crippen molar-refractivity contribution in [3.8, 4) is 0 Å². The van der Waals surface area contributed by atoms with E-state index >= 15 is 0 Å². The van der Waals surface area contributed by atoms with Crippen LogP contribution in [-0.2, 0) is 6.54 Å². The van der Waals surface area contributed by atoms with Crippen molar-refractivity contribution in [1.29, 1.82) is 0 Å². The minimum absolute atomic E-state index is 0.104. The molecule has 0 bridgehead atoms. The molecule has 0 saturated carbocycles. The van der Waals surface area contributed by atoms with Crippen molar-refractivity contribution in [2.75, 3.05) is 6.54 Å². The Morgan fingerprint density at radius 1 is 1.28 bits per heavy atom. The average Bonchev–Trinajstić information content (AvgIpc) is 2.35. The quantitative estimate of drug-likeness (QED) is 0.723. The lowest BCUT2D eigenvalue weighted by Crippen LogP contribution is -2.28. The highest BCUT2D eigenvalue weighted by molar-refractivity contribution is 6.31. The second kappa shape index (κ2) is 7.98. The maximum atomic E-state index is 13.1. The summed E-state index contributed by atoms with van der Waals surface area (Å²) < 4.78 is 13.1. The van der Waals surface area contributed by atoms with E-state index in [0.29, 0.717) is 24.0 Å². The second-order valence-corrected chi connectivity index (χ2v) is 5.43. The summed E-state index contributed by atoms with van der Waals surface area (Å²) in [4.78, 5) is 0. The van der Waals surface area contributed by atoms with E-state index in [1.165, 1.54) is 12.1 Å². The summed E-state index contributed by atoms with van der Waals surface area (Å²) in [7, 11) is 0. The Bertz CT molecular complexity index is 367. The van der Waals surface area contributed by atoms with Crippen molar-refractivity contribution in [1.82, 2.24) is 5.32 Å². The fourth-order valence-corrected chi connectivity index (χ4v) is 2.64. The van der Waals surface area contributed by atoms with Crippen LogP contribution in [-0.4, -0.2) is 11.9 Å². The van der Waals surface area contributed by atoms with Crippen molar-refractivity contribution in [3.63, 3.8) is 0 Å². The first-order valence-corrected chi connectivity index (χ1v) is 7.18. The zero-order valence-electron chi connectivity index (χ0n) is 10.8. The summed E-state index contributed by atoms with van der Waals surface area (Å²) in [6, 6.07) is 4.39. The number of benzene rings is 1. The average molecular weight is 292 g/mol. The number of hydrogen-bond donors (Lipinski definition) is 1. The van der Waals surface area contributed by atoms with Crippen LogP contribution in [0.25, 0.3) is 0 Å². The van der Waals surface area contributed by atoms with Crippen molar-refractivity contribution in [2.24, 2.45) is 5.92 Å². The highest BCUT2D eigenvalue weighted by atomic mass is 35.5. The predicted octanol–water partition coefficient (Wildman–Crippen LogP) is 4.61. The third kappa shape index (κ3) is 4.75. The molecule has 0 aliphatic carbocycles. The molecule has 1 aromatic rings. The lowest BCUT2D eigenvalue weighted by atomic mass is 9.99. The van der Waals surface area contributed by atoms with E-state index in [1.807, 2.05) is 0 Å². The minimum Gasteiger partial charge on any atom is -0.311 e. The molecule has 1 rings (SSSR count). The van der Waals surface area contributed by atoms with Crippen LogP contribution < -0.4 is 5.32 Å². The number of nitrogens with one attached hydrogen (secondary N) is 1. The molecule has 0 aliphatic rings. The summed E-state index contributed by atoms with van der Waals surface area (Å²) in [5.74, 6) is 0.251. The zero-order chi connectivity index (χ0) is 13.5. The highest BCUT2D eigenvalue weighted by Gasteiger charge is 2.15. The van der Waals surface area contributed by atoms with Gasteiger partial charge in [0.2, 0.25) is 0 Å². The normalized spacial score (nSPS) is 13.0. The smallest absolute Gasteiger partial charge is 0.123 e. The second-order valence-electron chi connectivity index (χ2n) is 4.46. The molecule has 18 heavy (non-hydrogen) atoms. The molecule has 0 aliphatic heterocycles. The summed E-state index contributed by atoms with van der Waals surface area (Å²) in [6.45, 7) is 5.54. The first-order chi connectivity index (χ1) is 8.58. The Morgan fingerprint density at radius 2 is 1.94 bits per heavy atom. The van der Waals surface area contributed by atoms with Gasteiger partial charge in [0.15, 0.2) is 0 Å². The summed E-state index contributed by atoms with van der Waals surface area (Å²) in [5, 5.41) is 3.92. The fraction of sp³-hybridized carbons (Fsp3) is 0.571. The minimum atomic E-state index is -0.265. The van der Waals surface area contributed by atoms with Gasteiger partial charge in [-0.15, -0.1) is 11.6 Å². The molecule has 1 unspecified atom stereocenters. The van der Waals surface area contributed by atoms with E-state index in [-0.39, 0.29) is 11.2 Å². The number of alkyl halides is 1. The van der Waals surface area contributed by atoms with E-state index in [9.17, 15) is 4.39 Å². The van der Waals surface area contributed by atoms with E-state index in [2.05, 4.69) is 19.2 Å². The molecule has 0 aromatic heterocycles. The molecule has 4 heteroatoms. The van der Waals surface area contributed by atoms with Crippen molar-refractivity contribution < 1.29 is 4.39 Å². The Morgan fingerprint density at radius 3 is 2.56 bits per heavy atom. The van der Waals surface area contributed by atoms with Gasteiger partial charge >= 0.3 is 0 Å². The Kier molecular flexibility index (Phi) is 6.98. The molecule has 1 aromatic carbocycles. The molecule has 102 valence electrons. The SMILES string of the molecule is CCC(CC)C(Cl)CNCc1cc(F)ccc1Cl. The van der Waals surface area contributed by atoms with Gasteiger partial charge in [0.25, 0.3) is 0 Å². The first-order valence-electron chi connectivity index (χ1n) is 6.37. The van der Waals surface area contributed by atoms with Gasteiger partial charge in [-0.3, -0.25) is 0 Å². The van der Waals surface area contributed by atoms with Crippen molar-refractivity contribution in [3.05, 3.63) is 34.6 Å². The number of hydrogen-bond acceptors (Lipinski definition) is 1. The molecular weight excluding hydrogens is 272 g/mol. The van der Waals surface area contributed by atoms with Gasteiger partial charge in [0.1, 0.15) is 5.82 Å². The summed E-state index contributed by atoms with van der Waals surface area (Å²) in [5.41, 5.74) is 0.769. The van der Waals surface area contributed by atoms with Gasteiger partial charge in [-0.1, -0.05) is 38.3 Å². The molecule has 0 spiro atoms. The van der Waals surface area contributed by atoms with Gasteiger partial charge in [-0.25, -0.2) is 4.39 Å². The van der Waals surface area contributed by atoms with Gasteiger partial charge in [-0.2, -0.15) is 0 Å². The molecule has 1 N–H and O–H groups in total. The number of halogens is 3. The van der Waals surface area contributed by atoms with Crippen LogP contribution in [0, 0.1) is 11.7 Å². The van der Waals surface area contributed by atoms with E-state index in [4.69, 9.17) is 23.2 Å². The maximum absolute atomic E-state index is 13.1. The largest absolute Gasteiger partial charge is 0.311 e. The summed E-state index contributed by atoms with van der Waals surface area (Å²) in [6.07, 6.45) is 2.15. The molecule has 1 nitrogen and oxygen atoms in total. The van der Waals surface area contributed by atoms with Gasteiger partial charge in [0.05, 0.1) is 0 Å². The zero-order valence-corrected chi connectivity index (χ0v) is 12.4. The molecule has 0 radical (unpaired) electrons. The van der Waals surface area contributed by atoms with Crippen molar-refractivity contribution >= 4 is 23.2 Å². The van der Waals surface area contributed by atoms with Gasteiger partial charge < -0.3 is 5.32 Å². The molecule has 0 heterocycles. The van der Waals surface area contributed by atoms with Crippen LogP contribution in [0.4, 0.5) is 4.39 Å². The first kappa shape index (κ1) is 15.7. The van der Waals surface area contributed by atoms with Crippen LogP contribution in [0.5, 0.6) is 0 Å². The Balaban J connectivity index is 2.44. The third-order valence-corrected chi connectivity index (χ3v) is 4.10. The van der Waals surface area contributed by atoms with Gasteiger partial charge in [0, 0.05) is 23.5 Å². The van der Waals surface area contributed by atoms with Crippen LogP contribution in [0.1, 0.15) is 32.3 Å². The van der Waals surface area contributed by atoms with E-state index < -0.39 is 0 Å². The Hall–Kier alpha value is -0.310. The molecule has 0 amide bonds. The van der Waals surface area contributed by atoms with E-state index in [1.54, 1.807) is 6.07 Å². The van der Waals surface area contributed by atoms with Crippen LogP contribution in [0.15, 0.2) is 18.2 Å². The maximum Gasteiger partial charge on any atom is 0.123 e. The monoisotopic (exact) mass is 291 g/mol. The third-order valence-electron chi connectivity index (χ3n) is 3.22. The molecule has 0 saturated heterocycles. The lowest BCUT2D eigenvalue weighted by Gasteiger charge is -2.19. The van der Waals surface area contributed by atoms with Crippen LogP contribution in [0.2, 0.25) is 5.02 Å². The highest BCUT2D eigenvalue weighted by Crippen LogP contribution is 2.19. The van der Waals surface area contributed by atoms with Crippen LogP contribution >= 0.6 is 23.2 Å². The predicted molar refractivity (Wildman–Crippen MR) is 76.8 cm³/mol. The van der Waals surface area contributed by atoms with Crippen LogP contribution in [0.3, 0.4) is 0 Å². The van der Waals surface area contributed by atoms with Crippen molar-refractivity contribution in [2.45, 2.75) is 38.6 Å². The fourth-order valence-electron chi connectivity index (χ4n) is 1.99. The Labute approximate surface area is 119 Å². The molecular formula is C14H20Cl2FN. The standard InChI is InChI=1S/C14H20Cl2FN/c1-3-10(4-2)14(16)9-18-8-11-7-12(17)5-6-13(11)15/h5-7,10,14,18H,3-4,8-9H2,1-2H3. The topological polar surface area (TPSA) is 12.0 Å². The molecule has 1 atom stereocenters. The van der Waals surface area contributed by atoms with Gasteiger partial charge in [-0.05, 0) is 29.7 Å². The van der Waals surface area contributed by atoms with E-state index in [0.717, 1.165) is 18.4 Å². The molecule has 0 fully saturated rings.